The van der Waals surface area contributed by atoms with Gasteiger partial charge in [0.15, 0.2) is 0 Å². The summed E-state index contributed by atoms with van der Waals surface area (Å²) in [5.41, 5.74) is 5.81. The molecule has 107 valence electrons. The van der Waals surface area contributed by atoms with Crippen molar-refractivity contribution in [3.63, 3.8) is 0 Å². The maximum absolute atomic E-state index is 2.48. The molecule has 4 heteroatoms. The Balaban J connectivity index is 0.00000110. The topological polar surface area (TPSA) is 0 Å². The Morgan fingerprint density at radius 3 is 2.29 bits per heavy atom. The quantitative estimate of drug-likeness (QED) is 0.555. The fourth-order valence-electron chi connectivity index (χ4n) is 2.64. The molecule has 1 aliphatic carbocycles. The standard InChI is InChI=1S/C15H11.C2H6Si.2ClH.Zr/c1-2-6-12(7-3-1)14-10-4-8-13-9-5-11-15(13)14;1-3-2;;;/h1-11H;1-2H3;2*1H;/q;;;;+2/p-2. The Kier molecular flexibility index (Phi) is 7.64. The van der Waals surface area contributed by atoms with Gasteiger partial charge in [-0.25, -0.2) is 0 Å². The van der Waals surface area contributed by atoms with Gasteiger partial charge in [-0.3, -0.25) is 0 Å². The summed E-state index contributed by atoms with van der Waals surface area (Å²) in [4.78, 5) is 0. The third-order valence-corrected chi connectivity index (χ3v) is 12.1. The van der Waals surface area contributed by atoms with Gasteiger partial charge in [-0.05, 0) is 0 Å². The Labute approximate surface area is 152 Å². The molecule has 21 heavy (non-hydrogen) atoms. The van der Waals surface area contributed by atoms with Crippen LogP contribution in [-0.2, 0) is 22.4 Å². The van der Waals surface area contributed by atoms with Gasteiger partial charge in [0.2, 0.25) is 0 Å². The van der Waals surface area contributed by atoms with Crippen LogP contribution in [0.5, 0.6) is 0 Å². The molecule has 0 saturated heterocycles. The molecule has 1 atom stereocenters. The molecule has 0 spiro atoms. The van der Waals surface area contributed by atoms with Gasteiger partial charge in [0, 0.05) is 0 Å². The zero-order chi connectivity index (χ0) is 13.2. The number of fused-ring (bicyclic) bond motifs is 1. The SMILES string of the molecule is C[Si](C)[Zr+2][CH]1C=Cc2c(-c3ccccc3)cccc21.[Cl-].[Cl-]. The summed E-state index contributed by atoms with van der Waals surface area (Å²) in [6, 6.07) is 17.6. The van der Waals surface area contributed by atoms with Crippen molar-refractivity contribution in [3.05, 3.63) is 65.7 Å². The number of hydrogen-bond acceptors (Lipinski definition) is 0. The summed E-state index contributed by atoms with van der Waals surface area (Å²) in [7, 11) is 0. The minimum absolute atomic E-state index is 0. The fraction of sp³-hybridized carbons (Fsp3) is 0.176. The number of hydrogen-bond donors (Lipinski definition) is 0. The Bertz CT molecular complexity index is 611. The summed E-state index contributed by atoms with van der Waals surface area (Å²) in [6.07, 6.45) is 4.84. The van der Waals surface area contributed by atoms with Gasteiger partial charge in [-0.15, -0.1) is 0 Å². The minimum atomic E-state index is -0.260. The normalized spacial score (nSPS) is 14.9. The first kappa shape index (κ1) is 18.9. The molecule has 0 amide bonds. The monoisotopic (exact) mass is 409 g/mol. The van der Waals surface area contributed by atoms with Crippen LogP contribution in [0.3, 0.4) is 0 Å². The van der Waals surface area contributed by atoms with E-state index in [1.807, 2.05) is 0 Å². The van der Waals surface area contributed by atoms with Crippen LogP contribution < -0.4 is 24.8 Å². The van der Waals surface area contributed by atoms with E-state index in [1.54, 1.807) is 5.56 Å². The smallest absolute Gasteiger partial charge is 1.00 e. The molecule has 0 aromatic heterocycles. The zero-order valence-electron chi connectivity index (χ0n) is 12.1. The van der Waals surface area contributed by atoms with Gasteiger partial charge in [-0.1, -0.05) is 0 Å². The Hall–Kier alpha value is -0.140. The first-order chi connectivity index (χ1) is 9.25. The largest absolute Gasteiger partial charge is 1.00 e. The van der Waals surface area contributed by atoms with Gasteiger partial charge in [0.1, 0.15) is 0 Å². The van der Waals surface area contributed by atoms with Crippen molar-refractivity contribution >= 4 is 12.0 Å². The number of allylic oxidation sites excluding steroid dienone is 1. The molecule has 3 rings (SSSR count). The first-order valence-corrected chi connectivity index (χ1v) is 14.3. The van der Waals surface area contributed by atoms with Gasteiger partial charge in [0.05, 0.1) is 0 Å². The van der Waals surface area contributed by atoms with E-state index in [4.69, 9.17) is 0 Å². The molecule has 1 unspecified atom stereocenters. The molecule has 0 nitrogen and oxygen atoms in total. The third-order valence-electron chi connectivity index (χ3n) is 3.46. The summed E-state index contributed by atoms with van der Waals surface area (Å²) in [6.45, 7) is 4.95. The second-order valence-corrected chi connectivity index (χ2v) is 18.5. The van der Waals surface area contributed by atoms with E-state index in [0.29, 0.717) is 0 Å². The summed E-state index contributed by atoms with van der Waals surface area (Å²) in [5, 5.41) is 0. The van der Waals surface area contributed by atoms with E-state index in [2.05, 4.69) is 73.8 Å². The molecule has 0 heterocycles. The Morgan fingerprint density at radius 2 is 1.62 bits per heavy atom. The maximum atomic E-state index is 2.48. The number of rotatable bonds is 3. The fourth-order valence-corrected chi connectivity index (χ4v) is 10.8. The van der Waals surface area contributed by atoms with Gasteiger partial charge >= 0.3 is 128 Å². The summed E-state index contributed by atoms with van der Waals surface area (Å²) < 4.78 is 0.811. The van der Waals surface area contributed by atoms with E-state index in [1.165, 1.54) is 16.7 Å². The van der Waals surface area contributed by atoms with Gasteiger partial charge in [-0.2, -0.15) is 0 Å². The maximum Gasteiger partial charge on any atom is -1.00 e. The van der Waals surface area contributed by atoms with E-state index in [9.17, 15) is 0 Å². The molecule has 0 saturated carbocycles. The molecular weight excluding hydrogens is 394 g/mol. The van der Waals surface area contributed by atoms with Crippen molar-refractivity contribution in [2.45, 2.75) is 16.7 Å². The van der Waals surface area contributed by atoms with Crippen LogP contribution in [0, 0.1) is 0 Å². The molecule has 0 fully saturated rings. The van der Waals surface area contributed by atoms with Gasteiger partial charge < -0.3 is 24.8 Å². The van der Waals surface area contributed by atoms with E-state index in [-0.39, 0.29) is 53.1 Å². The van der Waals surface area contributed by atoms with Crippen molar-refractivity contribution in [3.8, 4) is 11.1 Å². The van der Waals surface area contributed by atoms with Crippen LogP contribution in [0.25, 0.3) is 17.2 Å². The molecule has 0 aliphatic heterocycles. The molecule has 2 aromatic carbocycles. The predicted octanol–water partition coefficient (Wildman–Crippen LogP) is -1.24. The second-order valence-electron chi connectivity index (χ2n) is 5.16. The van der Waals surface area contributed by atoms with Crippen molar-refractivity contribution in [1.82, 2.24) is 0 Å². The Morgan fingerprint density at radius 1 is 0.905 bits per heavy atom. The van der Waals surface area contributed by atoms with Crippen LogP contribution >= 0.6 is 0 Å². The van der Waals surface area contributed by atoms with Crippen LogP contribution in [0.2, 0.25) is 13.1 Å². The van der Waals surface area contributed by atoms with Crippen molar-refractivity contribution in [2.75, 3.05) is 0 Å². The minimum Gasteiger partial charge on any atom is -1.00 e. The molecule has 1 radical (unpaired) electrons. The molecule has 0 N–H and O–H groups in total. The van der Waals surface area contributed by atoms with E-state index >= 15 is 0 Å². The van der Waals surface area contributed by atoms with E-state index < -0.39 is 0 Å². The number of halogens is 2. The van der Waals surface area contributed by atoms with Crippen LogP contribution in [0.4, 0.5) is 0 Å². The third kappa shape index (κ3) is 4.20. The van der Waals surface area contributed by atoms with Crippen molar-refractivity contribution < 1.29 is 47.2 Å². The average Bonchev–Trinajstić information content (AvgIpc) is 2.82. The molecule has 0 bridgehead atoms. The summed E-state index contributed by atoms with van der Waals surface area (Å²) in [5.74, 6) is -0.0172. The van der Waals surface area contributed by atoms with Crippen LogP contribution in [-0.4, -0.2) is 5.92 Å². The van der Waals surface area contributed by atoms with Crippen molar-refractivity contribution in [2.24, 2.45) is 0 Å². The molecule has 2 aromatic rings. The van der Waals surface area contributed by atoms with Gasteiger partial charge in [0.25, 0.3) is 0 Å². The second kappa shape index (κ2) is 8.48. The van der Waals surface area contributed by atoms with Crippen LogP contribution in [0.15, 0.2) is 54.6 Å². The zero-order valence-corrected chi connectivity index (χ0v) is 17.1. The summed E-state index contributed by atoms with van der Waals surface area (Å²) >= 11 is -0.260. The first-order valence-electron chi connectivity index (χ1n) is 6.69. The predicted molar refractivity (Wildman–Crippen MR) is 81.1 cm³/mol. The average molecular weight is 412 g/mol. The van der Waals surface area contributed by atoms with Crippen molar-refractivity contribution in [1.29, 1.82) is 0 Å². The molecular formula is C17H17Cl2SiZr. The number of benzene rings is 2. The van der Waals surface area contributed by atoms with E-state index in [0.717, 1.165) is 3.63 Å². The molecule has 1 aliphatic rings. The van der Waals surface area contributed by atoms with Crippen LogP contribution in [0.1, 0.15) is 14.8 Å².